The second kappa shape index (κ2) is 6.27. The molecular formula is C14H21NO2S2. The molecule has 19 heavy (non-hydrogen) atoms. The largest absolute Gasteiger partial charge is 0.465 e. The summed E-state index contributed by atoms with van der Waals surface area (Å²) in [6, 6.07) is 0. The van der Waals surface area contributed by atoms with Crippen molar-refractivity contribution < 1.29 is 9.53 Å². The zero-order chi connectivity index (χ0) is 13.9. The van der Waals surface area contributed by atoms with E-state index in [9.17, 15) is 4.79 Å². The van der Waals surface area contributed by atoms with Crippen LogP contribution in [0.4, 0.5) is 0 Å². The van der Waals surface area contributed by atoms with Crippen molar-refractivity contribution in [1.82, 2.24) is 4.98 Å². The molecule has 0 aliphatic carbocycles. The van der Waals surface area contributed by atoms with Gasteiger partial charge in [0.1, 0.15) is 10.4 Å². The number of hydrogen-bond donors (Lipinski definition) is 0. The Bertz CT molecular complexity index is 436. The van der Waals surface area contributed by atoms with E-state index in [0.717, 1.165) is 10.7 Å². The number of thiazole rings is 1. The van der Waals surface area contributed by atoms with Gasteiger partial charge in [-0.25, -0.2) is 4.98 Å². The van der Waals surface area contributed by atoms with Crippen molar-refractivity contribution in [2.75, 3.05) is 12.4 Å². The van der Waals surface area contributed by atoms with Gasteiger partial charge in [0.25, 0.3) is 0 Å². The summed E-state index contributed by atoms with van der Waals surface area (Å²) < 4.78 is 5.14. The number of thioether (sulfide) groups is 1. The van der Waals surface area contributed by atoms with Crippen LogP contribution in [0.15, 0.2) is 5.38 Å². The number of nitrogens with zero attached hydrogens (tertiary/aromatic N) is 1. The van der Waals surface area contributed by atoms with Gasteiger partial charge in [-0.1, -0.05) is 6.42 Å². The molecule has 1 aliphatic rings. The summed E-state index contributed by atoms with van der Waals surface area (Å²) in [5.41, 5.74) is 0.196. The number of carbonyl (C=O) groups excluding carboxylic acids is 1. The maximum absolute atomic E-state index is 12.0. The summed E-state index contributed by atoms with van der Waals surface area (Å²) in [4.78, 5) is 16.7. The number of rotatable bonds is 4. The van der Waals surface area contributed by atoms with Gasteiger partial charge < -0.3 is 4.74 Å². The van der Waals surface area contributed by atoms with Crippen molar-refractivity contribution in [1.29, 1.82) is 0 Å². The summed E-state index contributed by atoms with van der Waals surface area (Å²) in [6.07, 6.45) is 3.80. The highest BCUT2D eigenvalue weighted by Crippen LogP contribution is 2.40. The maximum Gasteiger partial charge on any atom is 0.317 e. The number of hydrogen-bond acceptors (Lipinski definition) is 5. The number of ether oxygens (including phenoxy) is 1. The fourth-order valence-electron chi connectivity index (χ4n) is 2.07. The topological polar surface area (TPSA) is 39.2 Å². The quantitative estimate of drug-likeness (QED) is 0.789. The number of esters is 1. The fraction of sp³-hybridized carbons (Fsp3) is 0.714. The molecule has 106 valence electrons. The molecule has 0 amide bonds. The van der Waals surface area contributed by atoms with Gasteiger partial charge in [0.15, 0.2) is 0 Å². The summed E-state index contributed by atoms with van der Waals surface area (Å²) in [5.74, 6) is 1.03. The molecule has 1 unspecified atom stereocenters. The first-order valence-electron chi connectivity index (χ1n) is 6.80. The molecule has 0 aromatic carbocycles. The van der Waals surface area contributed by atoms with Crippen LogP contribution in [0.1, 0.15) is 56.0 Å². The smallest absolute Gasteiger partial charge is 0.317 e. The van der Waals surface area contributed by atoms with E-state index in [0.29, 0.717) is 11.9 Å². The lowest BCUT2D eigenvalue weighted by Gasteiger charge is -2.21. The highest BCUT2D eigenvalue weighted by molar-refractivity contribution is 7.99. The molecule has 0 radical (unpaired) electrons. The first-order chi connectivity index (χ1) is 9.05. The summed E-state index contributed by atoms with van der Waals surface area (Å²) in [7, 11) is 0. The predicted octanol–water partition coefficient (Wildman–Crippen LogP) is 3.94. The van der Waals surface area contributed by atoms with Gasteiger partial charge in [0.05, 0.1) is 17.6 Å². The van der Waals surface area contributed by atoms with Crippen molar-refractivity contribution in [3.05, 3.63) is 16.1 Å². The molecule has 1 aromatic rings. The van der Waals surface area contributed by atoms with E-state index >= 15 is 0 Å². The van der Waals surface area contributed by atoms with Crippen molar-refractivity contribution in [2.24, 2.45) is 0 Å². The Hall–Kier alpha value is -0.550. The average Bonchev–Trinajstić information content (AvgIpc) is 2.90. The highest BCUT2D eigenvalue weighted by Gasteiger charge is 2.34. The van der Waals surface area contributed by atoms with Crippen molar-refractivity contribution in [2.45, 2.75) is 50.7 Å². The zero-order valence-electron chi connectivity index (χ0n) is 11.8. The Morgan fingerprint density at radius 1 is 1.53 bits per heavy atom. The van der Waals surface area contributed by atoms with E-state index < -0.39 is 5.41 Å². The van der Waals surface area contributed by atoms with E-state index in [1.165, 1.54) is 25.0 Å². The Morgan fingerprint density at radius 2 is 2.32 bits per heavy atom. The molecule has 5 heteroatoms. The first-order valence-corrected chi connectivity index (χ1v) is 8.73. The Labute approximate surface area is 123 Å². The van der Waals surface area contributed by atoms with Gasteiger partial charge in [-0.05, 0) is 39.4 Å². The van der Waals surface area contributed by atoms with E-state index in [-0.39, 0.29) is 5.97 Å². The fourth-order valence-corrected chi connectivity index (χ4v) is 4.63. The maximum atomic E-state index is 12.0. The Morgan fingerprint density at radius 3 is 2.95 bits per heavy atom. The third-order valence-electron chi connectivity index (χ3n) is 3.40. The Balaban J connectivity index is 2.13. The minimum absolute atomic E-state index is 0.192. The average molecular weight is 299 g/mol. The lowest BCUT2D eigenvalue weighted by molar-refractivity contribution is -0.148. The molecule has 1 aliphatic heterocycles. The lowest BCUT2D eigenvalue weighted by atomic mass is 9.90. The number of aromatic nitrogens is 1. The predicted molar refractivity (Wildman–Crippen MR) is 80.8 cm³/mol. The van der Waals surface area contributed by atoms with E-state index in [1.807, 2.05) is 37.9 Å². The van der Waals surface area contributed by atoms with Crippen LogP contribution in [-0.2, 0) is 14.9 Å². The standard InChI is InChI=1S/C14H21NO2S2/c1-4-17-13(16)14(2,3)11-9-19-12(15-11)10-7-5-6-8-18-10/h9-10H,4-8H2,1-3H3. The van der Waals surface area contributed by atoms with Crippen LogP contribution in [0.2, 0.25) is 0 Å². The lowest BCUT2D eigenvalue weighted by Crippen LogP contribution is -2.31. The van der Waals surface area contributed by atoms with E-state index in [1.54, 1.807) is 11.3 Å². The van der Waals surface area contributed by atoms with Crippen LogP contribution < -0.4 is 0 Å². The molecule has 0 bridgehead atoms. The summed E-state index contributed by atoms with van der Waals surface area (Å²) in [5, 5.41) is 3.70. The van der Waals surface area contributed by atoms with Crippen LogP contribution >= 0.6 is 23.1 Å². The highest BCUT2D eigenvalue weighted by atomic mass is 32.2. The molecule has 0 saturated carbocycles. The normalized spacial score (nSPS) is 20.3. The van der Waals surface area contributed by atoms with E-state index in [4.69, 9.17) is 9.72 Å². The van der Waals surface area contributed by atoms with Crippen molar-refractivity contribution >= 4 is 29.1 Å². The van der Waals surface area contributed by atoms with Gasteiger partial charge in [0, 0.05) is 5.38 Å². The summed E-state index contributed by atoms with van der Waals surface area (Å²) in [6.45, 7) is 6.02. The molecule has 0 spiro atoms. The third kappa shape index (κ3) is 3.31. The van der Waals surface area contributed by atoms with Crippen LogP contribution in [0, 0.1) is 0 Å². The van der Waals surface area contributed by atoms with Gasteiger partial charge >= 0.3 is 5.97 Å². The van der Waals surface area contributed by atoms with Gasteiger partial charge in [0.2, 0.25) is 0 Å². The zero-order valence-corrected chi connectivity index (χ0v) is 13.4. The SMILES string of the molecule is CCOC(=O)C(C)(C)c1csc(C2CCCCS2)n1. The molecule has 3 nitrogen and oxygen atoms in total. The minimum Gasteiger partial charge on any atom is -0.465 e. The van der Waals surface area contributed by atoms with Gasteiger partial charge in [-0.15, -0.1) is 11.3 Å². The van der Waals surface area contributed by atoms with Crippen LogP contribution in [0.25, 0.3) is 0 Å². The van der Waals surface area contributed by atoms with Crippen LogP contribution in [0.5, 0.6) is 0 Å². The Kier molecular flexibility index (Phi) is 4.90. The molecule has 2 rings (SSSR count). The van der Waals surface area contributed by atoms with Crippen molar-refractivity contribution in [3.8, 4) is 0 Å². The molecule has 1 atom stereocenters. The molecule has 1 fully saturated rings. The molecule has 0 N–H and O–H groups in total. The van der Waals surface area contributed by atoms with Crippen LogP contribution in [0.3, 0.4) is 0 Å². The second-order valence-electron chi connectivity index (χ2n) is 5.27. The monoisotopic (exact) mass is 299 g/mol. The number of carbonyl (C=O) groups is 1. The molecule has 1 saturated heterocycles. The van der Waals surface area contributed by atoms with Gasteiger partial charge in [-0.3, -0.25) is 4.79 Å². The molecule has 2 heterocycles. The second-order valence-corrected chi connectivity index (χ2v) is 7.47. The molecular weight excluding hydrogens is 278 g/mol. The first kappa shape index (κ1) is 14.9. The third-order valence-corrected chi connectivity index (χ3v) is 5.90. The van der Waals surface area contributed by atoms with Gasteiger partial charge in [-0.2, -0.15) is 11.8 Å². The molecule has 1 aromatic heterocycles. The van der Waals surface area contributed by atoms with Crippen molar-refractivity contribution in [3.63, 3.8) is 0 Å². The summed E-state index contributed by atoms with van der Waals surface area (Å²) >= 11 is 3.67. The minimum atomic E-state index is -0.649. The van der Waals surface area contributed by atoms with E-state index in [2.05, 4.69) is 0 Å². The van der Waals surface area contributed by atoms with Crippen LogP contribution in [-0.4, -0.2) is 23.3 Å².